The molecule has 3 aromatic rings. The van der Waals surface area contributed by atoms with Crippen LogP contribution < -0.4 is 10.5 Å². The fourth-order valence-corrected chi connectivity index (χ4v) is 5.56. The van der Waals surface area contributed by atoms with E-state index in [-0.39, 0.29) is 42.6 Å². The Kier molecular flexibility index (Phi) is 4.45. The van der Waals surface area contributed by atoms with Gasteiger partial charge in [0.2, 0.25) is 11.6 Å². The molecule has 0 saturated carbocycles. The molecule has 2 aromatic heterocycles. The number of nitrogens with zero attached hydrogens (tertiary/aromatic N) is 3. The van der Waals surface area contributed by atoms with E-state index in [2.05, 4.69) is 9.97 Å². The maximum Gasteiger partial charge on any atom is 0.354 e. The molecule has 4 heterocycles. The van der Waals surface area contributed by atoms with Crippen LogP contribution in [0, 0.1) is 13.8 Å². The molecule has 0 spiro atoms. The fraction of sp³-hybridized carbons (Fsp3) is 0.318. The minimum Gasteiger partial charge on any atom is -0.454 e. The molecule has 1 fully saturated rings. The van der Waals surface area contributed by atoms with E-state index in [0.717, 1.165) is 10.4 Å². The van der Waals surface area contributed by atoms with Crippen LogP contribution in [0.25, 0.3) is 10.2 Å². The highest BCUT2D eigenvalue weighted by molar-refractivity contribution is 7.18. The molecular formula is C22H20N4O5S. The zero-order valence-corrected chi connectivity index (χ0v) is 18.5. The molecule has 5 rings (SSSR count). The van der Waals surface area contributed by atoms with Gasteiger partial charge in [-0.25, -0.2) is 9.78 Å². The highest BCUT2D eigenvalue weighted by Gasteiger charge is 2.60. The van der Waals surface area contributed by atoms with Gasteiger partial charge in [0.15, 0.2) is 0 Å². The lowest BCUT2D eigenvalue weighted by atomic mass is 9.97. The number of para-hydroxylation sites is 1. The molecule has 0 unspecified atom stereocenters. The van der Waals surface area contributed by atoms with E-state index in [0.29, 0.717) is 21.5 Å². The molecule has 32 heavy (non-hydrogen) atoms. The number of rotatable bonds is 3. The number of amides is 2. The number of anilines is 1. The van der Waals surface area contributed by atoms with Gasteiger partial charge in [0.25, 0.3) is 11.5 Å². The fourth-order valence-electron chi connectivity index (χ4n) is 4.51. The maximum absolute atomic E-state index is 13.4. The van der Waals surface area contributed by atoms with Gasteiger partial charge in [-0.1, -0.05) is 12.1 Å². The lowest BCUT2D eigenvalue weighted by Gasteiger charge is -2.46. The van der Waals surface area contributed by atoms with E-state index in [4.69, 9.17) is 4.74 Å². The first kappa shape index (κ1) is 20.4. The predicted molar refractivity (Wildman–Crippen MR) is 117 cm³/mol. The number of benzene rings is 1. The number of thiophene rings is 1. The first-order valence-corrected chi connectivity index (χ1v) is 10.9. The number of carbonyl (C=O) groups is 3. The highest BCUT2D eigenvalue weighted by Crippen LogP contribution is 2.44. The van der Waals surface area contributed by atoms with Crippen molar-refractivity contribution in [1.29, 1.82) is 0 Å². The van der Waals surface area contributed by atoms with Crippen molar-refractivity contribution in [3.63, 3.8) is 0 Å². The maximum atomic E-state index is 13.4. The van der Waals surface area contributed by atoms with Gasteiger partial charge < -0.3 is 14.6 Å². The van der Waals surface area contributed by atoms with Gasteiger partial charge in [0.1, 0.15) is 17.3 Å². The zero-order valence-electron chi connectivity index (χ0n) is 17.7. The summed E-state index contributed by atoms with van der Waals surface area (Å²) in [4.78, 5) is 62.9. The molecule has 0 aliphatic carbocycles. The summed E-state index contributed by atoms with van der Waals surface area (Å²) >= 11 is 1.40. The van der Waals surface area contributed by atoms with Gasteiger partial charge in [-0.15, -0.1) is 11.3 Å². The SMILES string of the molecule is Cc1sc2nc(COC(=O)[C@]34CCC(=O)N3c3ccccc3C(=O)N4C)[nH]c(=O)c2c1C. The molecule has 10 heteroatoms. The van der Waals surface area contributed by atoms with Crippen LogP contribution in [0.15, 0.2) is 29.1 Å². The van der Waals surface area contributed by atoms with Gasteiger partial charge in [-0.2, -0.15) is 0 Å². The second kappa shape index (κ2) is 6.99. The Morgan fingerprint density at radius 3 is 2.78 bits per heavy atom. The molecule has 164 valence electrons. The van der Waals surface area contributed by atoms with Crippen LogP contribution in [0.3, 0.4) is 0 Å². The van der Waals surface area contributed by atoms with Crippen molar-refractivity contribution in [2.24, 2.45) is 0 Å². The van der Waals surface area contributed by atoms with Crippen molar-refractivity contribution in [3.05, 3.63) is 56.4 Å². The van der Waals surface area contributed by atoms with Crippen LogP contribution in [0.2, 0.25) is 0 Å². The summed E-state index contributed by atoms with van der Waals surface area (Å²) in [5.41, 5.74) is -0.232. The number of aromatic nitrogens is 2. The van der Waals surface area contributed by atoms with Crippen molar-refractivity contribution in [1.82, 2.24) is 14.9 Å². The first-order valence-electron chi connectivity index (χ1n) is 10.1. The van der Waals surface area contributed by atoms with Gasteiger partial charge in [0.05, 0.1) is 16.6 Å². The van der Waals surface area contributed by atoms with E-state index in [1.807, 2.05) is 13.8 Å². The molecular weight excluding hydrogens is 432 g/mol. The normalized spacial score (nSPS) is 20.0. The van der Waals surface area contributed by atoms with Crippen molar-refractivity contribution >= 4 is 45.0 Å². The second-order valence-electron chi connectivity index (χ2n) is 7.98. The highest BCUT2D eigenvalue weighted by atomic mass is 32.1. The van der Waals surface area contributed by atoms with Crippen LogP contribution in [0.1, 0.15) is 39.5 Å². The number of ether oxygens (including phenoxy) is 1. The van der Waals surface area contributed by atoms with Crippen molar-refractivity contribution in [2.45, 2.75) is 39.0 Å². The van der Waals surface area contributed by atoms with E-state index in [1.54, 1.807) is 24.3 Å². The number of fused-ring (bicyclic) bond motifs is 4. The number of likely N-dealkylation sites (N-methyl/N-ethyl adjacent to an activating group) is 1. The van der Waals surface area contributed by atoms with E-state index >= 15 is 0 Å². The largest absolute Gasteiger partial charge is 0.454 e. The lowest BCUT2D eigenvalue weighted by Crippen LogP contribution is -2.67. The number of hydrogen-bond donors (Lipinski definition) is 1. The van der Waals surface area contributed by atoms with Crippen LogP contribution >= 0.6 is 11.3 Å². The Morgan fingerprint density at radius 1 is 1.25 bits per heavy atom. The molecule has 0 bridgehead atoms. The van der Waals surface area contributed by atoms with Crippen LogP contribution in [0.4, 0.5) is 5.69 Å². The van der Waals surface area contributed by atoms with E-state index in [9.17, 15) is 19.2 Å². The Hall–Kier alpha value is -3.53. The average molecular weight is 452 g/mol. The summed E-state index contributed by atoms with van der Waals surface area (Å²) in [5.74, 6) is -1.16. The summed E-state index contributed by atoms with van der Waals surface area (Å²) in [6, 6.07) is 6.71. The predicted octanol–water partition coefficient (Wildman–Crippen LogP) is 2.25. The third-order valence-electron chi connectivity index (χ3n) is 6.30. The Morgan fingerprint density at radius 2 is 2.00 bits per heavy atom. The summed E-state index contributed by atoms with van der Waals surface area (Å²) in [6.45, 7) is 3.50. The lowest BCUT2D eigenvalue weighted by molar-refractivity contribution is -0.158. The number of carbonyl (C=O) groups excluding carboxylic acids is 3. The minimum absolute atomic E-state index is 0.107. The number of aromatic amines is 1. The number of nitrogens with one attached hydrogen (secondary N) is 1. The monoisotopic (exact) mass is 452 g/mol. The number of hydrogen-bond acceptors (Lipinski definition) is 7. The van der Waals surface area contributed by atoms with Crippen LogP contribution in [0.5, 0.6) is 0 Å². The Balaban J connectivity index is 1.49. The number of esters is 1. The van der Waals surface area contributed by atoms with Crippen LogP contribution in [-0.2, 0) is 20.9 Å². The van der Waals surface area contributed by atoms with Crippen LogP contribution in [-0.4, -0.2) is 45.4 Å². The quantitative estimate of drug-likeness (QED) is 0.610. The summed E-state index contributed by atoms with van der Waals surface area (Å²) in [6.07, 6.45) is 0.226. The third-order valence-corrected chi connectivity index (χ3v) is 7.40. The molecule has 1 N–H and O–H groups in total. The smallest absolute Gasteiger partial charge is 0.354 e. The van der Waals surface area contributed by atoms with Crippen molar-refractivity contribution in [3.8, 4) is 0 Å². The Labute approximate surface area is 186 Å². The zero-order chi connectivity index (χ0) is 22.8. The standard InChI is InChI=1S/C22H20N4O5S/c1-11-12(2)32-19-17(11)18(28)23-15(24-19)10-31-21(30)22-9-8-16(27)26(22)14-7-5-4-6-13(14)20(29)25(22)3/h4-7H,8-10H2,1-3H3,(H,23,24,28)/t22-/m0/s1. The molecule has 0 radical (unpaired) electrons. The third kappa shape index (κ3) is 2.65. The number of aryl methyl sites for hydroxylation is 2. The minimum atomic E-state index is -1.57. The summed E-state index contributed by atoms with van der Waals surface area (Å²) < 4.78 is 5.54. The van der Waals surface area contributed by atoms with E-state index in [1.165, 1.54) is 28.2 Å². The molecule has 2 amide bonds. The van der Waals surface area contributed by atoms with Gasteiger partial charge in [-0.3, -0.25) is 19.3 Å². The molecule has 2 aliphatic rings. The van der Waals surface area contributed by atoms with Gasteiger partial charge >= 0.3 is 5.97 Å². The van der Waals surface area contributed by atoms with Gasteiger partial charge in [0, 0.05) is 24.8 Å². The Bertz CT molecular complexity index is 1380. The van der Waals surface area contributed by atoms with Gasteiger partial charge in [-0.05, 0) is 31.5 Å². The van der Waals surface area contributed by atoms with E-state index < -0.39 is 11.6 Å². The molecule has 1 atom stereocenters. The summed E-state index contributed by atoms with van der Waals surface area (Å²) in [7, 11) is 1.49. The topological polar surface area (TPSA) is 113 Å². The molecule has 9 nitrogen and oxygen atoms in total. The van der Waals surface area contributed by atoms with Crippen molar-refractivity contribution in [2.75, 3.05) is 11.9 Å². The molecule has 1 aromatic carbocycles. The average Bonchev–Trinajstić information content (AvgIpc) is 3.27. The second-order valence-corrected chi connectivity index (χ2v) is 9.18. The summed E-state index contributed by atoms with van der Waals surface area (Å²) in [5, 5.41) is 0.531. The number of H-pyrrole nitrogens is 1. The first-order chi connectivity index (χ1) is 15.3. The van der Waals surface area contributed by atoms with Crippen molar-refractivity contribution < 1.29 is 19.1 Å². The molecule has 2 aliphatic heterocycles. The molecule has 1 saturated heterocycles.